The summed E-state index contributed by atoms with van der Waals surface area (Å²) in [4.78, 5) is 5.62. The number of fused-ring (bicyclic) bond motifs is 12. The minimum Gasteiger partial charge on any atom is -0.311 e. The predicted octanol–water partition coefficient (Wildman–Crippen LogP) is 18.5. The lowest BCUT2D eigenvalue weighted by atomic mass is 9.33. The van der Waals surface area contributed by atoms with E-state index in [4.69, 9.17) is 0 Å². The Kier molecular flexibility index (Phi) is 10.3. The second-order valence-corrected chi connectivity index (χ2v) is 29.6. The van der Waals surface area contributed by atoms with E-state index in [2.05, 4.69) is 216 Å². The topological polar surface area (TPSA) is 6.48 Å². The average Bonchev–Trinajstić information content (AvgIpc) is 3.64. The molecular weight excluding hydrogens is 936 g/mol. The average molecular weight is 1020 g/mol. The van der Waals surface area contributed by atoms with Crippen molar-refractivity contribution in [1.29, 1.82) is 0 Å². The first-order chi connectivity index (χ1) is 36.0. The van der Waals surface area contributed by atoms with E-state index in [1.807, 2.05) is 11.3 Å². The molecular formula is C72H79BN2S. The number of hydrogen-bond acceptors (Lipinski definition) is 3. The maximum atomic E-state index is 2.82. The van der Waals surface area contributed by atoms with Crippen LogP contribution < -0.4 is 26.2 Å². The Balaban J connectivity index is 1.15. The fraction of sp³-hybridized carbons (Fsp3) is 0.417. The predicted molar refractivity (Wildman–Crippen MR) is 330 cm³/mol. The summed E-state index contributed by atoms with van der Waals surface area (Å²) in [5.41, 5.74) is 28.5. The van der Waals surface area contributed by atoms with Crippen LogP contribution in [-0.4, -0.2) is 6.71 Å². The fourth-order valence-corrected chi connectivity index (χ4v) is 17.4. The Bertz CT molecular complexity index is 3810. The van der Waals surface area contributed by atoms with Crippen molar-refractivity contribution in [3.05, 3.63) is 170 Å². The maximum Gasteiger partial charge on any atom is 0.252 e. The molecule has 0 atom stereocenters. The fourth-order valence-electron chi connectivity index (χ4n) is 16.3. The number of nitrogens with zero attached hydrogens (tertiary/aromatic N) is 2. The summed E-state index contributed by atoms with van der Waals surface area (Å²) < 4.78 is 2.80. The molecule has 4 heteroatoms. The highest BCUT2D eigenvalue weighted by Crippen LogP contribution is 2.57. The van der Waals surface area contributed by atoms with Crippen molar-refractivity contribution in [3.8, 4) is 0 Å². The Morgan fingerprint density at radius 2 is 0.974 bits per heavy atom. The first kappa shape index (κ1) is 48.8. The van der Waals surface area contributed by atoms with Crippen molar-refractivity contribution in [2.45, 2.75) is 193 Å². The number of hydrogen-bond donors (Lipinski definition) is 0. The molecule has 7 aromatic carbocycles. The zero-order valence-electron chi connectivity index (χ0n) is 48.2. The number of benzene rings is 7. The van der Waals surface area contributed by atoms with Gasteiger partial charge in [-0.2, -0.15) is 0 Å². The SMILES string of the molecule is Cc1cc2c(cc1N1c3cc4c(cc3B3c5ccc6sc7cc8c(cc7c6c5N(c5ccccc5C)c5cc(C6CCCCC6)cc1c53)C(C)(C)CCC8(C)C)C(C)(C)c1ccccc1C4(C)C)C(C)(C)CCC2(C)C. The lowest BCUT2D eigenvalue weighted by Gasteiger charge is -2.49. The number of para-hydroxylation sites is 1. The Morgan fingerprint density at radius 1 is 0.434 bits per heavy atom. The van der Waals surface area contributed by atoms with Gasteiger partial charge in [0.05, 0.1) is 5.69 Å². The van der Waals surface area contributed by atoms with E-state index in [9.17, 15) is 0 Å². The van der Waals surface area contributed by atoms with Crippen LogP contribution in [0.3, 0.4) is 0 Å². The number of aryl methyl sites for hydroxylation is 2. The van der Waals surface area contributed by atoms with Crippen molar-refractivity contribution in [2.75, 3.05) is 9.80 Å². The molecule has 0 saturated heterocycles. The second-order valence-electron chi connectivity index (χ2n) is 28.5. The molecule has 0 N–H and O–H groups in total. The monoisotopic (exact) mass is 1010 g/mol. The molecule has 76 heavy (non-hydrogen) atoms. The molecule has 0 unspecified atom stereocenters. The highest BCUT2D eigenvalue weighted by molar-refractivity contribution is 7.26. The molecule has 1 aromatic heterocycles. The van der Waals surface area contributed by atoms with Gasteiger partial charge in [-0.25, -0.2) is 0 Å². The van der Waals surface area contributed by atoms with Crippen LogP contribution in [0.15, 0.2) is 109 Å². The zero-order valence-corrected chi connectivity index (χ0v) is 49.0. The van der Waals surface area contributed by atoms with Gasteiger partial charge in [0.15, 0.2) is 0 Å². The van der Waals surface area contributed by atoms with Crippen molar-refractivity contribution in [1.82, 2.24) is 0 Å². The van der Waals surface area contributed by atoms with Gasteiger partial charge in [-0.05, 0) is 206 Å². The second kappa shape index (κ2) is 16.0. The van der Waals surface area contributed by atoms with Crippen LogP contribution in [0.2, 0.25) is 0 Å². The minimum atomic E-state index is -0.205. The number of anilines is 6. The maximum absolute atomic E-state index is 2.82. The van der Waals surface area contributed by atoms with Gasteiger partial charge in [-0.3, -0.25) is 0 Å². The van der Waals surface area contributed by atoms with Gasteiger partial charge in [0.2, 0.25) is 0 Å². The summed E-state index contributed by atoms with van der Waals surface area (Å²) in [5, 5.41) is 2.84. The largest absolute Gasteiger partial charge is 0.311 e. The number of thiophene rings is 1. The summed E-state index contributed by atoms with van der Waals surface area (Å²) in [6.45, 7) is 34.7. The Hall–Kier alpha value is -5.58. The molecule has 4 aliphatic carbocycles. The van der Waals surface area contributed by atoms with Gasteiger partial charge < -0.3 is 9.80 Å². The van der Waals surface area contributed by atoms with E-state index in [1.54, 1.807) is 5.56 Å². The molecule has 0 radical (unpaired) electrons. The van der Waals surface area contributed by atoms with Crippen molar-refractivity contribution in [3.63, 3.8) is 0 Å². The van der Waals surface area contributed by atoms with E-state index in [-0.39, 0.29) is 39.2 Å². The summed E-state index contributed by atoms with van der Waals surface area (Å²) in [6.07, 6.45) is 11.2. The van der Waals surface area contributed by atoms with Crippen LogP contribution in [0.5, 0.6) is 0 Å². The van der Waals surface area contributed by atoms with Crippen LogP contribution >= 0.6 is 11.3 Å². The van der Waals surface area contributed by atoms with Crippen molar-refractivity contribution in [2.24, 2.45) is 0 Å². The van der Waals surface area contributed by atoms with E-state index >= 15 is 0 Å². The van der Waals surface area contributed by atoms with Gasteiger partial charge >= 0.3 is 0 Å². The zero-order chi connectivity index (χ0) is 53.0. The highest BCUT2D eigenvalue weighted by atomic mass is 32.1. The van der Waals surface area contributed by atoms with Gasteiger partial charge in [-0.1, -0.05) is 163 Å². The molecule has 386 valence electrons. The smallest absolute Gasteiger partial charge is 0.252 e. The van der Waals surface area contributed by atoms with Crippen LogP contribution in [0.4, 0.5) is 34.1 Å². The minimum absolute atomic E-state index is 0.00830. The third kappa shape index (κ3) is 6.70. The molecule has 2 nitrogen and oxygen atoms in total. The highest BCUT2D eigenvalue weighted by Gasteiger charge is 2.50. The van der Waals surface area contributed by atoms with Crippen LogP contribution in [0.1, 0.15) is 208 Å². The van der Waals surface area contributed by atoms with E-state index in [0.717, 1.165) is 0 Å². The summed E-state index contributed by atoms with van der Waals surface area (Å²) in [6, 6.07) is 45.3. The van der Waals surface area contributed by atoms with E-state index in [1.165, 1.54) is 184 Å². The number of rotatable bonds is 3. The first-order valence-corrected chi connectivity index (χ1v) is 30.1. The molecule has 2 aliphatic heterocycles. The summed E-state index contributed by atoms with van der Waals surface area (Å²) >= 11 is 2.02. The summed E-state index contributed by atoms with van der Waals surface area (Å²) in [5.74, 6) is 0.510. The Morgan fingerprint density at radius 3 is 1.61 bits per heavy atom. The normalized spacial score (nSPS) is 20.8. The molecule has 6 aliphatic rings. The molecule has 14 rings (SSSR count). The van der Waals surface area contributed by atoms with Crippen LogP contribution in [-0.2, 0) is 32.5 Å². The van der Waals surface area contributed by atoms with Crippen LogP contribution in [0, 0.1) is 13.8 Å². The van der Waals surface area contributed by atoms with Gasteiger partial charge in [-0.15, -0.1) is 11.3 Å². The van der Waals surface area contributed by atoms with Gasteiger partial charge in [0.1, 0.15) is 0 Å². The van der Waals surface area contributed by atoms with Crippen molar-refractivity contribution < 1.29 is 0 Å². The molecule has 0 amide bonds. The standard InChI is InChI=1S/C72H79BN2S/c1-42-22-18-21-27-57(42)75-61-36-45(44-23-16-15-17-24-44)35-60-65(61)73(55-28-29-62-64(66(55)75)46-37-50-52(41-63(46)76-62)70(9,10)33-31-68(50,5)6)56-38-53-54(72(13,14)48-26-20-19-25-47(48)71(53,11)12)40-59(56)74(60)58-39-51-49(34-43(58)2)67(3,4)30-32-69(51,7)8/h18-22,25-29,34-41,44H,15-17,23-24,30-33H2,1-14H3. The lowest BCUT2D eigenvalue weighted by Crippen LogP contribution is -2.62. The molecule has 0 spiro atoms. The molecule has 8 aromatic rings. The lowest BCUT2D eigenvalue weighted by molar-refractivity contribution is 0.332. The quantitative estimate of drug-likeness (QED) is 0.163. The first-order valence-electron chi connectivity index (χ1n) is 29.3. The van der Waals surface area contributed by atoms with Crippen molar-refractivity contribution >= 4 is 88.7 Å². The van der Waals surface area contributed by atoms with E-state index in [0.29, 0.717) is 5.92 Å². The van der Waals surface area contributed by atoms with Crippen LogP contribution in [0.25, 0.3) is 20.2 Å². The van der Waals surface area contributed by atoms with Gasteiger partial charge in [0, 0.05) is 59.4 Å². The third-order valence-electron chi connectivity index (χ3n) is 21.3. The molecule has 1 fully saturated rings. The summed E-state index contributed by atoms with van der Waals surface area (Å²) in [7, 11) is 0. The Labute approximate surface area is 459 Å². The van der Waals surface area contributed by atoms with E-state index < -0.39 is 0 Å². The third-order valence-corrected chi connectivity index (χ3v) is 22.4. The molecule has 3 heterocycles. The molecule has 1 saturated carbocycles. The molecule has 0 bridgehead atoms. The van der Waals surface area contributed by atoms with Gasteiger partial charge in [0.25, 0.3) is 6.71 Å².